The van der Waals surface area contributed by atoms with Gasteiger partial charge in [-0.3, -0.25) is 9.59 Å². The molecule has 6 heteroatoms. The third-order valence-electron chi connectivity index (χ3n) is 2.69. The van der Waals surface area contributed by atoms with Crippen molar-refractivity contribution in [2.45, 2.75) is 32.1 Å². The number of aliphatic carboxylic acids is 1. The van der Waals surface area contributed by atoms with Crippen molar-refractivity contribution in [3.05, 3.63) is 23.7 Å². The van der Waals surface area contributed by atoms with Crippen molar-refractivity contribution in [3.63, 3.8) is 0 Å². The molecule has 1 heterocycles. The number of hydrogen-bond donors (Lipinski definition) is 2. The molecule has 0 aliphatic heterocycles. The Morgan fingerprint density at radius 1 is 1.42 bits per heavy atom. The summed E-state index contributed by atoms with van der Waals surface area (Å²) in [5, 5.41) is 11.5. The van der Waals surface area contributed by atoms with Gasteiger partial charge in [-0.1, -0.05) is 13.8 Å². The first-order chi connectivity index (χ1) is 8.93. The molecule has 1 unspecified atom stereocenters. The van der Waals surface area contributed by atoms with Gasteiger partial charge >= 0.3 is 5.97 Å². The molecule has 1 atom stereocenters. The molecule has 1 rings (SSSR count). The highest BCUT2D eigenvalue weighted by molar-refractivity contribution is 7.97. The van der Waals surface area contributed by atoms with Crippen molar-refractivity contribution in [3.8, 4) is 0 Å². The Labute approximate surface area is 116 Å². The molecule has 5 nitrogen and oxygen atoms in total. The number of rotatable bonds is 7. The van der Waals surface area contributed by atoms with Crippen LogP contribution in [0.25, 0.3) is 0 Å². The SMILES string of the molecule is CSCc1ccc(C(=O)NC(CC(=O)O)C(C)C)o1. The maximum absolute atomic E-state index is 12.0. The van der Waals surface area contributed by atoms with E-state index in [1.54, 1.807) is 23.9 Å². The van der Waals surface area contributed by atoms with Crippen LogP contribution in [0.5, 0.6) is 0 Å². The van der Waals surface area contributed by atoms with E-state index in [1.165, 1.54) is 0 Å². The first-order valence-corrected chi connectivity index (χ1v) is 7.43. The summed E-state index contributed by atoms with van der Waals surface area (Å²) < 4.78 is 5.39. The third-order valence-corrected chi connectivity index (χ3v) is 3.26. The summed E-state index contributed by atoms with van der Waals surface area (Å²) in [6.45, 7) is 3.74. The highest BCUT2D eigenvalue weighted by Crippen LogP contribution is 2.14. The molecular formula is C13H19NO4S. The summed E-state index contributed by atoms with van der Waals surface area (Å²) in [7, 11) is 0. The second-order valence-electron chi connectivity index (χ2n) is 4.62. The van der Waals surface area contributed by atoms with Gasteiger partial charge in [0.2, 0.25) is 0 Å². The zero-order chi connectivity index (χ0) is 14.4. The van der Waals surface area contributed by atoms with E-state index in [0.717, 1.165) is 5.76 Å². The average Bonchev–Trinajstić information content (AvgIpc) is 2.76. The largest absolute Gasteiger partial charge is 0.481 e. The van der Waals surface area contributed by atoms with Crippen LogP contribution in [0, 0.1) is 5.92 Å². The van der Waals surface area contributed by atoms with Crippen LogP contribution in [0.15, 0.2) is 16.5 Å². The molecule has 1 amide bonds. The van der Waals surface area contributed by atoms with Crippen LogP contribution in [0.2, 0.25) is 0 Å². The molecule has 0 saturated carbocycles. The predicted molar refractivity (Wildman–Crippen MR) is 74.3 cm³/mol. The Kier molecular flexibility index (Phi) is 5.95. The summed E-state index contributed by atoms with van der Waals surface area (Å²) in [6, 6.07) is 2.96. The number of furan rings is 1. The lowest BCUT2D eigenvalue weighted by atomic mass is 10.0. The van der Waals surface area contributed by atoms with Crippen LogP contribution in [-0.4, -0.2) is 29.3 Å². The molecule has 106 valence electrons. The number of hydrogen-bond acceptors (Lipinski definition) is 4. The van der Waals surface area contributed by atoms with Gasteiger partial charge in [0.05, 0.1) is 12.2 Å². The van der Waals surface area contributed by atoms with Gasteiger partial charge in [-0.05, 0) is 24.3 Å². The number of nitrogens with one attached hydrogen (secondary N) is 1. The number of carbonyl (C=O) groups is 2. The minimum absolute atomic E-state index is 0.0423. The van der Waals surface area contributed by atoms with Crippen molar-refractivity contribution >= 4 is 23.6 Å². The van der Waals surface area contributed by atoms with Gasteiger partial charge in [0.15, 0.2) is 5.76 Å². The fourth-order valence-electron chi connectivity index (χ4n) is 1.60. The smallest absolute Gasteiger partial charge is 0.305 e. The fourth-order valence-corrected chi connectivity index (χ4v) is 2.04. The molecule has 1 aromatic heterocycles. The Hall–Kier alpha value is -1.43. The molecule has 1 aromatic rings. The standard InChI is InChI=1S/C13H19NO4S/c1-8(2)10(6-12(15)16)14-13(17)11-5-4-9(18-11)7-19-3/h4-5,8,10H,6-7H2,1-3H3,(H,14,17)(H,15,16). The number of carboxylic acids is 1. The molecule has 2 N–H and O–H groups in total. The Balaban J connectivity index is 2.67. The molecule has 0 aliphatic rings. The van der Waals surface area contributed by atoms with Crippen LogP contribution in [0.3, 0.4) is 0 Å². The van der Waals surface area contributed by atoms with E-state index in [-0.39, 0.29) is 24.0 Å². The lowest BCUT2D eigenvalue weighted by Crippen LogP contribution is -2.39. The normalized spacial score (nSPS) is 12.4. The summed E-state index contributed by atoms with van der Waals surface area (Å²) in [4.78, 5) is 22.7. The van der Waals surface area contributed by atoms with E-state index in [2.05, 4.69) is 5.32 Å². The Morgan fingerprint density at radius 3 is 2.63 bits per heavy atom. The summed E-state index contributed by atoms with van der Waals surface area (Å²) in [6.07, 6.45) is 1.85. The van der Waals surface area contributed by atoms with E-state index < -0.39 is 12.0 Å². The highest BCUT2D eigenvalue weighted by atomic mass is 32.2. The molecule has 0 fully saturated rings. The van der Waals surface area contributed by atoms with Crippen LogP contribution in [-0.2, 0) is 10.5 Å². The average molecular weight is 285 g/mol. The molecule has 0 saturated heterocycles. The zero-order valence-corrected chi connectivity index (χ0v) is 12.1. The van der Waals surface area contributed by atoms with Gasteiger partial charge in [-0.2, -0.15) is 11.8 Å². The predicted octanol–water partition coefficient (Wildman–Crippen LogP) is 2.37. The van der Waals surface area contributed by atoms with Crippen LogP contribution >= 0.6 is 11.8 Å². The van der Waals surface area contributed by atoms with Crippen molar-refractivity contribution in [2.24, 2.45) is 5.92 Å². The Bertz CT molecular complexity index is 442. The second kappa shape index (κ2) is 7.23. The van der Waals surface area contributed by atoms with E-state index >= 15 is 0 Å². The lowest BCUT2D eigenvalue weighted by molar-refractivity contribution is -0.137. The van der Waals surface area contributed by atoms with Crippen LogP contribution < -0.4 is 5.32 Å². The van der Waals surface area contributed by atoms with Gasteiger partial charge in [0, 0.05) is 6.04 Å². The number of carbonyl (C=O) groups excluding carboxylic acids is 1. The second-order valence-corrected chi connectivity index (χ2v) is 5.49. The number of thioether (sulfide) groups is 1. The molecule has 0 aromatic carbocycles. The van der Waals surface area contributed by atoms with Gasteiger partial charge in [-0.25, -0.2) is 0 Å². The molecular weight excluding hydrogens is 266 g/mol. The lowest BCUT2D eigenvalue weighted by Gasteiger charge is -2.19. The van der Waals surface area contributed by atoms with E-state index in [4.69, 9.17) is 9.52 Å². The highest BCUT2D eigenvalue weighted by Gasteiger charge is 2.21. The van der Waals surface area contributed by atoms with E-state index in [0.29, 0.717) is 5.75 Å². The number of amides is 1. The zero-order valence-electron chi connectivity index (χ0n) is 11.3. The Morgan fingerprint density at radius 2 is 2.11 bits per heavy atom. The monoisotopic (exact) mass is 285 g/mol. The topological polar surface area (TPSA) is 79.5 Å². The molecule has 0 spiro atoms. The molecule has 0 radical (unpaired) electrons. The summed E-state index contributed by atoms with van der Waals surface area (Å²) >= 11 is 1.60. The first kappa shape index (κ1) is 15.6. The van der Waals surface area contributed by atoms with Crippen molar-refractivity contribution in [1.82, 2.24) is 5.32 Å². The maximum Gasteiger partial charge on any atom is 0.305 e. The third kappa shape index (κ3) is 4.98. The molecule has 0 aliphatic carbocycles. The maximum atomic E-state index is 12.0. The van der Waals surface area contributed by atoms with Crippen LogP contribution in [0.4, 0.5) is 0 Å². The molecule has 0 bridgehead atoms. The summed E-state index contributed by atoms with van der Waals surface area (Å²) in [5.41, 5.74) is 0. The van der Waals surface area contributed by atoms with Crippen molar-refractivity contribution in [1.29, 1.82) is 0 Å². The minimum atomic E-state index is -0.929. The van der Waals surface area contributed by atoms with E-state index in [9.17, 15) is 9.59 Å². The van der Waals surface area contributed by atoms with E-state index in [1.807, 2.05) is 20.1 Å². The number of carboxylic acid groups (broad SMARTS) is 1. The van der Waals surface area contributed by atoms with Crippen LogP contribution in [0.1, 0.15) is 36.6 Å². The van der Waals surface area contributed by atoms with Gasteiger partial charge in [0.1, 0.15) is 5.76 Å². The quantitative estimate of drug-likeness (QED) is 0.804. The van der Waals surface area contributed by atoms with Gasteiger partial charge in [0.25, 0.3) is 5.91 Å². The fraction of sp³-hybridized carbons (Fsp3) is 0.538. The summed E-state index contributed by atoms with van der Waals surface area (Å²) in [5.74, 6) is 0.405. The first-order valence-electron chi connectivity index (χ1n) is 6.04. The van der Waals surface area contributed by atoms with Gasteiger partial charge in [-0.15, -0.1) is 0 Å². The van der Waals surface area contributed by atoms with Gasteiger partial charge < -0.3 is 14.8 Å². The van der Waals surface area contributed by atoms with Crippen molar-refractivity contribution < 1.29 is 19.1 Å². The van der Waals surface area contributed by atoms with Crippen molar-refractivity contribution in [2.75, 3.05) is 6.26 Å². The minimum Gasteiger partial charge on any atom is -0.481 e. The molecule has 19 heavy (non-hydrogen) atoms.